The van der Waals surface area contributed by atoms with Crippen molar-refractivity contribution in [1.29, 1.82) is 0 Å². The third-order valence-corrected chi connectivity index (χ3v) is 4.93. The highest BCUT2D eigenvalue weighted by molar-refractivity contribution is 7.70. The highest BCUT2D eigenvalue weighted by Crippen LogP contribution is 2.46. The molecule has 4 nitrogen and oxygen atoms in total. The van der Waals surface area contributed by atoms with Gasteiger partial charge < -0.3 is 15.6 Å². The van der Waals surface area contributed by atoms with E-state index in [1.54, 1.807) is 19.4 Å². The third-order valence-electron chi connectivity index (χ3n) is 3.43. The van der Waals surface area contributed by atoms with E-state index >= 15 is 0 Å². The number of carbonyl (C=O) groups is 1. The summed E-state index contributed by atoms with van der Waals surface area (Å²) in [6.07, 6.45) is 7.42. The largest absolute Gasteiger partial charge is 0.373 e. The van der Waals surface area contributed by atoms with Crippen LogP contribution in [0.15, 0.2) is 12.1 Å². The Morgan fingerprint density at radius 1 is 1.50 bits per heavy atom. The number of amides is 1. The molecule has 3 N–H and O–H groups in total. The second kappa shape index (κ2) is 5.34. The van der Waals surface area contributed by atoms with Crippen molar-refractivity contribution < 1.29 is 9.36 Å². The molecular formula is C15H19N2O2P. The molecule has 5 heteroatoms. The van der Waals surface area contributed by atoms with Gasteiger partial charge >= 0.3 is 0 Å². The van der Waals surface area contributed by atoms with Gasteiger partial charge in [0.15, 0.2) is 0 Å². The smallest absolute Gasteiger partial charge is 0.250 e. The highest BCUT2D eigenvalue weighted by atomic mass is 31.2. The number of benzene rings is 1. The van der Waals surface area contributed by atoms with Crippen LogP contribution in [0.5, 0.6) is 0 Å². The summed E-state index contributed by atoms with van der Waals surface area (Å²) in [6.45, 7) is 3.71. The summed E-state index contributed by atoms with van der Waals surface area (Å²) < 4.78 is 12.3. The molecule has 1 aromatic carbocycles. The van der Waals surface area contributed by atoms with Gasteiger partial charge in [-0.25, -0.2) is 0 Å². The average Bonchev–Trinajstić information content (AvgIpc) is 3.18. The lowest BCUT2D eigenvalue weighted by Crippen LogP contribution is -2.20. The Morgan fingerprint density at radius 2 is 2.15 bits per heavy atom. The first kappa shape index (κ1) is 14.7. The second-order valence-electron chi connectivity index (χ2n) is 5.50. The Kier molecular flexibility index (Phi) is 3.92. The standard InChI is InChI=1S/C15H19N2O2P/c1-4-7-17-14-12(10-5-6-10)8-11(20(2,3)19)9-13(14)15(16)18/h1,8-10,17H,5-7H2,2-3H3,(H2,16,18). The van der Waals surface area contributed by atoms with Gasteiger partial charge in [-0.1, -0.05) is 5.92 Å². The number of primary amides is 1. The van der Waals surface area contributed by atoms with Gasteiger partial charge in [0, 0.05) is 5.30 Å². The zero-order valence-corrected chi connectivity index (χ0v) is 12.7. The maximum absolute atomic E-state index is 12.3. The summed E-state index contributed by atoms with van der Waals surface area (Å²) in [5.74, 6) is 2.37. The van der Waals surface area contributed by atoms with Crippen LogP contribution in [0.3, 0.4) is 0 Å². The van der Waals surface area contributed by atoms with Crippen LogP contribution in [0.4, 0.5) is 5.69 Å². The molecule has 106 valence electrons. The predicted molar refractivity (Wildman–Crippen MR) is 83.3 cm³/mol. The van der Waals surface area contributed by atoms with E-state index < -0.39 is 13.0 Å². The number of hydrogen-bond donors (Lipinski definition) is 2. The molecule has 0 aromatic heterocycles. The fourth-order valence-electron chi connectivity index (χ4n) is 2.21. The van der Waals surface area contributed by atoms with Crippen LogP contribution >= 0.6 is 7.14 Å². The van der Waals surface area contributed by atoms with Gasteiger partial charge in [0.05, 0.1) is 17.8 Å². The van der Waals surface area contributed by atoms with Gasteiger partial charge in [-0.05, 0) is 49.8 Å². The first-order valence-corrected chi connectivity index (χ1v) is 9.15. The summed E-state index contributed by atoms with van der Waals surface area (Å²) in [5, 5.41) is 3.78. The van der Waals surface area contributed by atoms with Crippen molar-refractivity contribution in [2.24, 2.45) is 5.73 Å². The molecule has 2 rings (SSSR count). The first-order valence-electron chi connectivity index (χ1n) is 6.55. The summed E-state index contributed by atoms with van der Waals surface area (Å²) in [5.41, 5.74) is 7.56. The zero-order valence-electron chi connectivity index (χ0n) is 11.8. The van der Waals surface area contributed by atoms with Crippen LogP contribution < -0.4 is 16.4 Å². The van der Waals surface area contributed by atoms with Crippen LogP contribution in [-0.2, 0) is 4.57 Å². The maximum Gasteiger partial charge on any atom is 0.250 e. The fraction of sp³-hybridized carbons (Fsp3) is 0.400. The molecule has 0 bridgehead atoms. The van der Waals surface area contributed by atoms with Crippen molar-refractivity contribution in [2.75, 3.05) is 25.2 Å². The topological polar surface area (TPSA) is 72.2 Å². The minimum atomic E-state index is -2.45. The first-order chi connectivity index (χ1) is 9.34. The summed E-state index contributed by atoms with van der Waals surface area (Å²) in [6, 6.07) is 3.57. The quantitative estimate of drug-likeness (QED) is 0.643. The minimum Gasteiger partial charge on any atom is -0.373 e. The molecule has 0 radical (unpaired) electrons. The Morgan fingerprint density at radius 3 is 2.60 bits per heavy atom. The molecule has 1 aliphatic rings. The van der Waals surface area contributed by atoms with Crippen molar-refractivity contribution in [1.82, 2.24) is 0 Å². The molecule has 1 fully saturated rings. The van der Waals surface area contributed by atoms with Crippen LogP contribution in [0, 0.1) is 12.3 Å². The monoisotopic (exact) mass is 290 g/mol. The lowest BCUT2D eigenvalue weighted by atomic mass is 10.0. The van der Waals surface area contributed by atoms with E-state index in [0.29, 0.717) is 29.0 Å². The van der Waals surface area contributed by atoms with Crippen LogP contribution in [-0.4, -0.2) is 25.8 Å². The van der Waals surface area contributed by atoms with Gasteiger partial charge in [-0.3, -0.25) is 4.79 Å². The molecular weight excluding hydrogens is 271 g/mol. The molecule has 0 aliphatic heterocycles. The van der Waals surface area contributed by atoms with E-state index in [2.05, 4.69) is 11.2 Å². The van der Waals surface area contributed by atoms with Crippen molar-refractivity contribution in [3.63, 3.8) is 0 Å². The molecule has 0 atom stereocenters. The maximum atomic E-state index is 12.3. The van der Waals surface area contributed by atoms with Gasteiger partial charge in [-0.15, -0.1) is 6.42 Å². The van der Waals surface area contributed by atoms with Crippen LogP contribution in [0.25, 0.3) is 0 Å². The van der Waals surface area contributed by atoms with Crippen LogP contribution in [0.2, 0.25) is 0 Å². The van der Waals surface area contributed by atoms with Gasteiger partial charge in [-0.2, -0.15) is 0 Å². The lowest BCUT2D eigenvalue weighted by molar-refractivity contribution is 0.100. The Hall–Kier alpha value is -1.72. The predicted octanol–water partition coefficient (Wildman–Crippen LogP) is 1.96. The number of anilines is 1. The summed E-state index contributed by atoms with van der Waals surface area (Å²) in [7, 11) is -2.45. The molecule has 20 heavy (non-hydrogen) atoms. The lowest BCUT2D eigenvalue weighted by Gasteiger charge is -2.17. The van der Waals surface area contributed by atoms with E-state index in [1.165, 1.54) is 0 Å². The van der Waals surface area contributed by atoms with Crippen LogP contribution in [0.1, 0.15) is 34.7 Å². The van der Waals surface area contributed by atoms with E-state index in [9.17, 15) is 9.36 Å². The molecule has 0 heterocycles. The molecule has 1 aromatic rings. The second-order valence-corrected chi connectivity index (χ2v) is 8.72. The minimum absolute atomic E-state index is 0.329. The SMILES string of the molecule is C#CCNc1c(C(N)=O)cc(P(C)(C)=O)cc1C1CC1. The molecule has 1 amide bonds. The van der Waals surface area contributed by atoms with E-state index in [1.807, 2.05) is 6.07 Å². The normalized spacial score (nSPS) is 14.7. The van der Waals surface area contributed by atoms with Crippen molar-refractivity contribution in [2.45, 2.75) is 18.8 Å². The summed E-state index contributed by atoms with van der Waals surface area (Å²) in [4.78, 5) is 11.7. The van der Waals surface area contributed by atoms with E-state index in [4.69, 9.17) is 12.2 Å². The Bertz CT molecular complexity index is 636. The molecule has 1 saturated carbocycles. The zero-order chi connectivity index (χ0) is 14.9. The Labute approximate surface area is 119 Å². The molecule has 0 unspecified atom stereocenters. The number of nitrogens with one attached hydrogen (secondary N) is 1. The number of hydrogen-bond acceptors (Lipinski definition) is 3. The van der Waals surface area contributed by atoms with Crippen molar-refractivity contribution >= 4 is 24.0 Å². The third kappa shape index (κ3) is 3.05. The Balaban J connectivity index is 2.61. The van der Waals surface area contributed by atoms with Crippen molar-refractivity contribution in [3.8, 4) is 12.3 Å². The van der Waals surface area contributed by atoms with E-state index in [-0.39, 0.29) is 0 Å². The number of nitrogens with two attached hydrogens (primary N) is 1. The van der Waals surface area contributed by atoms with Crippen molar-refractivity contribution in [3.05, 3.63) is 23.3 Å². The van der Waals surface area contributed by atoms with E-state index in [0.717, 1.165) is 18.4 Å². The van der Waals surface area contributed by atoms with Gasteiger partial charge in [0.2, 0.25) is 0 Å². The molecule has 0 saturated heterocycles. The highest BCUT2D eigenvalue weighted by Gasteiger charge is 2.30. The van der Waals surface area contributed by atoms with Gasteiger partial charge in [0.25, 0.3) is 5.91 Å². The molecule has 1 aliphatic carbocycles. The number of carbonyl (C=O) groups excluding carboxylic acids is 1. The summed E-state index contributed by atoms with van der Waals surface area (Å²) >= 11 is 0. The van der Waals surface area contributed by atoms with Gasteiger partial charge in [0.1, 0.15) is 7.14 Å². The number of rotatable bonds is 5. The fourth-order valence-corrected chi connectivity index (χ4v) is 3.10. The average molecular weight is 290 g/mol. The molecule has 0 spiro atoms. The number of terminal acetylenes is 1.